The summed E-state index contributed by atoms with van der Waals surface area (Å²) < 4.78 is 6.98. The van der Waals surface area contributed by atoms with Gasteiger partial charge in [0.15, 0.2) is 11.4 Å². The molecule has 1 aromatic heterocycles. The lowest BCUT2D eigenvalue weighted by molar-refractivity contribution is -0.0209. The second kappa shape index (κ2) is 9.89. The van der Waals surface area contributed by atoms with E-state index in [1.165, 1.54) is 6.20 Å². The highest BCUT2D eigenvalue weighted by molar-refractivity contribution is 7.10. The maximum absolute atomic E-state index is 13.3. The molecule has 9 heteroatoms. The molecule has 0 radical (unpaired) electrons. The van der Waals surface area contributed by atoms with Crippen molar-refractivity contribution >= 4 is 21.3 Å². The number of amides is 2. The van der Waals surface area contributed by atoms with Gasteiger partial charge in [0.2, 0.25) is 5.43 Å². The molecule has 1 aromatic rings. The average Bonchev–Trinajstić information content (AvgIpc) is 3.30. The van der Waals surface area contributed by atoms with E-state index < -0.39 is 11.3 Å². The molecular formula is C24H29N4O4P. The minimum absolute atomic E-state index is 0.0590. The maximum Gasteiger partial charge on any atom is 0.275 e. The molecule has 0 aliphatic carbocycles. The van der Waals surface area contributed by atoms with Crippen LogP contribution < -0.4 is 15.3 Å². The van der Waals surface area contributed by atoms with Crippen molar-refractivity contribution in [1.82, 2.24) is 19.7 Å². The van der Waals surface area contributed by atoms with E-state index in [4.69, 9.17) is 4.52 Å². The molecule has 2 saturated heterocycles. The van der Waals surface area contributed by atoms with Crippen molar-refractivity contribution in [2.45, 2.75) is 38.0 Å². The fourth-order valence-electron chi connectivity index (χ4n) is 4.94. The summed E-state index contributed by atoms with van der Waals surface area (Å²) in [5.41, 5.74) is 0.306. The van der Waals surface area contributed by atoms with Crippen LogP contribution in [0.25, 0.3) is 0 Å². The Kier molecular flexibility index (Phi) is 6.96. The number of fused-ring (bicyclic) bond motifs is 4. The van der Waals surface area contributed by atoms with Crippen LogP contribution in [0.2, 0.25) is 0 Å². The van der Waals surface area contributed by atoms with E-state index in [0.717, 1.165) is 31.4 Å². The zero-order valence-corrected chi connectivity index (χ0v) is 19.7. The van der Waals surface area contributed by atoms with E-state index in [1.807, 2.05) is 14.4 Å². The van der Waals surface area contributed by atoms with Gasteiger partial charge in [0.05, 0.1) is 16.0 Å². The number of allylic oxidation sites excluding steroid dienone is 4. The maximum atomic E-state index is 13.3. The van der Waals surface area contributed by atoms with Gasteiger partial charge < -0.3 is 19.3 Å². The topological polar surface area (TPSA) is 83.9 Å². The standard InChI is InChI=1S/C24H29N4O4P/c1-3-5-6-8-16(4-2)13-25-23(30)18-14-26-15-19-27-11-7-9-17(27)10-12-28(19)24(31)20(26)22(32-33)21(18)29/h3-6,8,14,17,19H,1-2,7,9-13,15,33H2,(H,25,30)/b6-5-,16-8+/t17-,19?/m1/s1. The number of rotatable bonds is 7. The quantitative estimate of drug-likeness (QED) is 0.490. The Morgan fingerprint density at radius 1 is 1.24 bits per heavy atom. The third kappa shape index (κ3) is 4.33. The molecule has 3 aliphatic rings. The Morgan fingerprint density at radius 3 is 2.79 bits per heavy atom. The monoisotopic (exact) mass is 468 g/mol. The number of hydrogen-bond acceptors (Lipinski definition) is 5. The van der Waals surface area contributed by atoms with Crippen molar-refractivity contribution in [1.29, 1.82) is 0 Å². The lowest BCUT2D eigenvalue weighted by atomic mass is 10.0. The van der Waals surface area contributed by atoms with Crippen LogP contribution in [0.3, 0.4) is 0 Å². The summed E-state index contributed by atoms with van der Waals surface area (Å²) in [4.78, 5) is 43.6. The smallest absolute Gasteiger partial charge is 0.275 e. The first-order valence-corrected chi connectivity index (χ1v) is 11.6. The van der Waals surface area contributed by atoms with Gasteiger partial charge in [-0.1, -0.05) is 43.5 Å². The second-order valence-corrected chi connectivity index (χ2v) is 8.61. The number of hydrogen-bond donors (Lipinski definition) is 1. The molecule has 0 saturated carbocycles. The van der Waals surface area contributed by atoms with Crippen LogP contribution in [0.5, 0.6) is 5.75 Å². The number of pyridine rings is 1. The largest absolute Gasteiger partial charge is 0.474 e. The summed E-state index contributed by atoms with van der Waals surface area (Å²) >= 11 is 0. The van der Waals surface area contributed by atoms with Crippen LogP contribution in [0.4, 0.5) is 0 Å². The molecule has 0 aromatic carbocycles. The van der Waals surface area contributed by atoms with Gasteiger partial charge in [-0.3, -0.25) is 19.3 Å². The van der Waals surface area contributed by atoms with Gasteiger partial charge >= 0.3 is 0 Å². The van der Waals surface area contributed by atoms with E-state index >= 15 is 0 Å². The highest BCUT2D eigenvalue weighted by atomic mass is 31.0. The molecule has 4 heterocycles. The predicted octanol–water partition coefficient (Wildman–Crippen LogP) is 2.25. The Bertz CT molecular complexity index is 1110. The van der Waals surface area contributed by atoms with Crippen LogP contribution >= 0.6 is 9.47 Å². The summed E-state index contributed by atoms with van der Waals surface area (Å²) in [5, 5.41) is 2.76. The van der Waals surface area contributed by atoms with Gasteiger partial charge in [-0.15, -0.1) is 0 Å². The summed E-state index contributed by atoms with van der Waals surface area (Å²) in [6.07, 6.45) is 13.2. The summed E-state index contributed by atoms with van der Waals surface area (Å²) in [6, 6.07) is 0.486. The molecule has 8 nitrogen and oxygen atoms in total. The first kappa shape index (κ1) is 23.2. The molecule has 2 fully saturated rings. The van der Waals surface area contributed by atoms with Crippen LogP contribution in [0, 0.1) is 0 Å². The molecule has 1 N–H and O–H groups in total. The van der Waals surface area contributed by atoms with Crippen molar-refractivity contribution in [2.24, 2.45) is 0 Å². The Hall–Kier alpha value is -2.96. The van der Waals surface area contributed by atoms with E-state index in [2.05, 4.69) is 23.4 Å². The number of nitrogens with zero attached hydrogens (tertiary/aromatic N) is 3. The molecule has 2 unspecified atom stereocenters. The van der Waals surface area contributed by atoms with Gasteiger partial charge in [-0.2, -0.15) is 0 Å². The average molecular weight is 468 g/mol. The first-order valence-electron chi connectivity index (χ1n) is 11.1. The Morgan fingerprint density at radius 2 is 2.06 bits per heavy atom. The summed E-state index contributed by atoms with van der Waals surface area (Å²) in [5.74, 6) is -0.881. The number of carbonyl (C=O) groups excluding carboxylic acids is 2. The molecule has 174 valence electrons. The van der Waals surface area contributed by atoms with E-state index in [0.29, 0.717) is 19.1 Å². The highest BCUT2D eigenvalue weighted by Crippen LogP contribution is 2.34. The first-order chi connectivity index (χ1) is 16.0. The summed E-state index contributed by atoms with van der Waals surface area (Å²) in [7, 11) is 2.03. The third-order valence-electron chi connectivity index (χ3n) is 6.57. The molecule has 4 rings (SSSR count). The van der Waals surface area contributed by atoms with Gasteiger partial charge in [0.1, 0.15) is 11.7 Å². The SMILES string of the molecule is C=C/C=C\C=C(/C=C)CNC(=O)c1cn2c(c(OP)c1=O)C(=O)N1CC[C@H]3CCCN3C1C2. The summed E-state index contributed by atoms with van der Waals surface area (Å²) in [6.45, 7) is 9.67. The zero-order valence-electron chi connectivity index (χ0n) is 18.5. The van der Waals surface area contributed by atoms with Crippen molar-refractivity contribution in [2.75, 3.05) is 19.6 Å². The zero-order chi connectivity index (χ0) is 23.5. The molecule has 3 atom stereocenters. The van der Waals surface area contributed by atoms with Gasteiger partial charge in [-0.25, -0.2) is 0 Å². The van der Waals surface area contributed by atoms with Crippen LogP contribution in [0.15, 0.2) is 60.1 Å². The Balaban J connectivity index is 1.64. The normalized spacial score (nSPS) is 22.5. The van der Waals surface area contributed by atoms with Crippen molar-refractivity contribution in [3.8, 4) is 5.75 Å². The van der Waals surface area contributed by atoms with Crippen molar-refractivity contribution < 1.29 is 14.1 Å². The fourth-order valence-corrected chi connectivity index (χ4v) is 5.16. The number of nitrogens with one attached hydrogen (secondary N) is 1. The van der Waals surface area contributed by atoms with Crippen LogP contribution in [-0.2, 0) is 6.54 Å². The molecule has 33 heavy (non-hydrogen) atoms. The second-order valence-electron chi connectivity index (χ2n) is 8.37. The highest BCUT2D eigenvalue weighted by Gasteiger charge is 2.45. The van der Waals surface area contributed by atoms with Gasteiger partial charge in [0.25, 0.3) is 11.8 Å². The van der Waals surface area contributed by atoms with Crippen molar-refractivity contribution in [3.63, 3.8) is 0 Å². The molecule has 3 aliphatic heterocycles. The Labute approximate surface area is 195 Å². The van der Waals surface area contributed by atoms with Crippen LogP contribution in [-0.4, -0.2) is 58.0 Å². The fraction of sp³-hybridized carbons (Fsp3) is 0.375. The van der Waals surface area contributed by atoms with E-state index in [9.17, 15) is 14.4 Å². The lowest BCUT2D eigenvalue weighted by Gasteiger charge is -2.48. The van der Waals surface area contributed by atoms with E-state index in [1.54, 1.807) is 34.9 Å². The lowest BCUT2D eigenvalue weighted by Crippen LogP contribution is -2.62. The predicted molar refractivity (Wildman–Crippen MR) is 130 cm³/mol. The number of aromatic nitrogens is 1. The van der Waals surface area contributed by atoms with Crippen molar-refractivity contribution in [3.05, 3.63) is 76.8 Å². The molecule has 0 bridgehead atoms. The van der Waals surface area contributed by atoms with Crippen LogP contribution in [0.1, 0.15) is 40.1 Å². The van der Waals surface area contributed by atoms with Gasteiger partial charge in [-0.05, 0) is 24.8 Å². The molecule has 2 amide bonds. The third-order valence-corrected chi connectivity index (χ3v) is 6.80. The van der Waals surface area contributed by atoms with E-state index in [-0.39, 0.29) is 35.6 Å². The minimum Gasteiger partial charge on any atom is -0.474 e. The minimum atomic E-state index is -0.604. The molecular weight excluding hydrogens is 439 g/mol. The number of carbonyl (C=O) groups is 2. The molecule has 0 spiro atoms. The van der Waals surface area contributed by atoms with Gasteiger partial charge in [0, 0.05) is 31.9 Å².